The van der Waals surface area contributed by atoms with E-state index in [4.69, 9.17) is 5.73 Å². The third-order valence-electron chi connectivity index (χ3n) is 2.67. The maximum atomic E-state index is 12.3. The largest absolute Gasteiger partial charge is 0.398 e. The second kappa shape index (κ2) is 5.80. The number of hydrogen-bond donors (Lipinski definition) is 2. The van der Waals surface area contributed by atoms with Crippen LogP contribution >= 0.6 is 27.3 Å². The van der Waals surface area contributed by atoms with Gasteiger partial charge in [0, 0.05) is 21.2 Å². The minimum absolute atomic E-state index is 0.177. The number of nitrogen functional groups attached to an aromatic ring is 1. The summed E-state index contributed by atoms with van der Waals surface area (Å²) >= 11 is 4.74. The monoisotopic (exact) mass is 375 g/mol. The highest BCUT2D eigenvalue weighted by Gasteiger charge is 2.18. The molecule has 0 unspecified atom stereocenters. The standard InChI is InChI=1S/C12H14BrN3O2S2/c1-7-3-9(13)10(14)4-11(7)20(17,18)16-6-12-15-5-8(2)19-12/h3-5,16H,6,14H2,1-2H3. The molecular formula is C12H14BrN3O2S2. The number of hydrogen-bond acceptors (Lipinski definition) is 5. The first kappa shape index (κ1) is 15.4. The first-order chi connectivity index (χ1) is 9.29. The molecular weight excluding hydrogens is 362 g/mol. The van der Waals surface area contributed by atoms with Crippen molar-refractivity contribution in [3.8, 4) is 0 Å². The zero-order valence-electron chi connectivity index (χ0n) is 11.0. The molecule has 0 saturated carbocycles. The number of halogens is 1. The molecule has 0 atom stereocenters. The smallest absolute Gasteiger partial charge is 0.241 e. The van der Waals surface area contributed by atoms with E-state index in [9.17, 15) is 8.42 Å². The third-order valence-corrected chi connectivity index (χ3v) is 5.81. The lowest BCUT2D eigenvalue weighted by atomic mass is 10.2. The molecule has 1 aromatic carbocycles. The zero-order chi connectivity index (χ0) is 14.9. The molecule has 0 radical (unpaired) electrons. The molecule has 5 nitrogen and oxygen atoms in total. The van der Waals surface area contributed by atoms with Crippen LogP contribution in [0.1, 0.15) is 15.4 Å². The van der Waals surface area contributed by atoms with Crippen molar-refractivity contribution in [2.24, 2.45) is 0 Å². The van der Waals surface area contributed by atoms with E-state index < -0.39 is 10.0 Å². The molecule has 2 rings (SSSR count). The number of nitrogens with two attached hydrogens (primary N) is 1. The van der Waals surface area contributed by atoms with Gasteiger partial charge in [-0.3, -0.25) is 0 Å². The highest BCUT2D eigenvalue weighted by molar-refractivity contribution is 9.10. The van der Waals surface area contributed by atoms with E-state index in [1.165, 1.54) is 17.4 Å². The minimum Gasteiger partial charge on any atom is -0.398 e. The predicted octanol–water partition coefficient (Wildman–Crippen LogP) is 2.58. The quantitative estimate of drug-likeness (QED) is 0.804. The fourth-order valence-corrected chi connectivity index (χ4v) is 4.20. The Bertz CT molecular complexity index is 741. The van der Waals surface area contributed by atoms with E-state index in [0.29, 0.717) is 15.7 Å². The Morgan fingerprint density at radius 3 is 2.70 bits per heavy atom. The predicted molar refractivity (Wildman–Crippen MR) is 84.2 cm³/mol. The molecule has 3 N–H and O–H groups in total. The zero-order valence-corrected chi connectivity index (χ0v) is 14.2. The fourth-order valence-electron chi connectivity index (χ4n) is 1.68. The molecule has 0 bridgehead atoms. The number of nitrogens with zero attached hydrogens (tertiary/aromatic N) is 1. The minimum atomic E-state index is -3.60. The van der Waals surface area contributed by atoms with Crippen molar-refractivity contribution in [3.05, 3.63) is 38.3 Å². The number of benzene rings is 1. The van der Waals surface area contributed by atoms with Crippen molar-refractivity contribution in [2.45, 2.75) is 25.3 Å². The molecule has 0 aliphatic carbocycles. The molecule has 0 aliphatic heterocycles. The second-order valence-electron chi connectivity index (χ2n) is 4.33. The number of thiazole rings is 1. The summed E-state index contributed by atoms with van der Waals surface area (Å²) in [5.41, 5.74) is 6.77. The molecule has 0 spiro atoms. The van der Waals surface area contributed by atoms with E-state index in [0.717, 1.165) is 9.88 Å². The van der Waals surface area contributed by atoms with Crippen LogP contribution in [0.15, 0.2) is 27.7 Å². The summed E-state index contributed by atoms with van der Waals surface area (Å²) in [5, 5.41) is 0.730. The van der Waals surface area contributed by atoms with Crippen LogP contribution in [0.4, 0.5) is 5.69 Å². The summed E-state index contributed by atoms with van der Waals surface area (Å²) < 4.78 is 27.8. The number of aromatic nitrogens is 1. The molecule has 20 heavy (non-hydrogen) atoms. The number of anilines is 1. The van der Waals surface area contributed by atoms with Crippen LogP contribution in [0.2, 0.25) is 0 Å². The average molecular weight is 376 g/mol. The fraction of sp³-hybridized carbons (Fsp3) is 0.250. The van der Waals surface area contributed by atoms with Gasteiger partial charge in [-0.25, -0.2) is 18.1 Å². The Morgan fingerprint density at radius 1 is 1.40 bits per heavy atom. The summed E-state index contributed by atoms with van der Waals surface area (Å²) in [4.78, 5) is 5.36. The summed E-state index contributed by atoms with van der Waals surface area (Å²) in [6.45, 7) is 3.83. The Balaban J connectivity index is 2.24. The highest BCUT2D eigenvalue weighted by Crippen LogP contribution is 2.26. The average Bonchev–Trinajstić information content (AvgIpc) is 2.77. The Kier molecular flexibility index (Phi) is 4.48. The van der Waals surface area contributed by atoms with Gasteiger partial charge in [0.1, 0.15) is 5.01 Å². The normalized spacial score (nSPS) is 11.8. The van der Waals surface area contributed by atoms with Crippen LogP contribution in [0, 0.1) is 13.8 Å². The summed E-state index contributed by atoms with van der Waals surface area (Å²) in [7, 11) is -3.60. The van der Waals surface area contributed by atoms with E-state index in [1.807, 2.05) is 6.92 Å². The van der Waals surface area contributed by atoms with Gasteiger partial charge in [0.2, 0.25) is 10.0 Å². The lowest BCUT2D eigenvalue weighted by Gasteiger charge is -2.10. The van der Waals surface area contributed by atoms with Crippen LogP contribution in [-0.4, -0.2) is 13.4 Å². The molecule has 2 aromatic rings. The van der Waals surface area contributed by atoms with Crippen molar-refractivity contribution < 1.29 is 8.42 Å². The van der Waals surface area contributed by atoms with E-state index in [2.05, 4.69) is 25.6 Å². The van der Waals surface area contributed by atoms with Gasteiger partial charge >= 0.3 is 0 Å². The molecule has 0 saturated heterocycles. The van der Waals surface area contributed by atoms with Crippen LogP contribution in [0.25, 0.3) is 0 Å². The van der Waals surface area contributed by atoms with Crippen LogP contribution in [0.5, 0.6) is 0 Å². The lowest BCUT2D eigenvalue weighted by molar-refractivity contribution is 0.580. The Hall–Kier alpha value is -0.960. The van der Waals surface area contributed by atoms with Gasteiger partial charge < -0.3 is 5.73 Å². The molecule has 0 aliphatic rings. The van der Waals surface area contributed by atoms with Crippen molar-refractivity contribution in [1.29, 1.82) is 0 Å². The maximum absolute atomic E-state index is 12.3. The van der Waals surface area contributed by atoms with E-state index >= 15 is 0 Å². The molecule has 0 fully saturated rings. The highest BCUT2D eigenvalue weighted by atomic mass is 79.9. The van der Waals surface area contributed by atoms with E-state index in [1.54, 1.807) is 19.2 Å². The van der Waals surface area contributed by atoms with Gasteiger partial charge in [0.05, 0.1) is 11.4 Å². The van der Waals surface area contributed by atoms with Crippen LogP contribution in [0.3, 0.4) is 0 Å². The van der Waals surface area contributed by atoms with E-state index in [-0.39, 0.29) is 11.4 Å². The topological polar surface area (TPSA) is 85.1 Å². The van der Waals surface area contributed by atoms with Gasteiger partial charge in [0.15, 0.2) is 0 Å². The van der Waals surface area contributed by atoms with Gasteiger partial charge in [-0.2, -0.15) is 0 Å². The SMILES string of the molecule is Cc1cnc(CNS(=O)(=O)c2cc(N)c(Br)cc2C)s1. The number of aryl methyl sites for hydroxylation is 2. The lowest BCUT2D eigenvalue weighted by Crippen LogP contribution is -2.24. The van der Waals surface area contributed by atoms with Crippen LogP contribution < -0.4 is 10.5 Å². The molecule has 1 aromatic heterocycles. The molecule has 8 heteroatoms. The molecule has 1 heterocycles. The van der Waals surface area contributed by atoms with Crippen LogP contribution in [-0.2, 0) is 16.6 Å². The summed E-state index contributed by atoms with van der Waals surface area (Å²) in [5.74, 6) is 0. The Labute approximate surface area is 130 Å². The van der Waals surface area contributed by atoms with Gasteiger partial charge in [-0.05, 0) is 47.5 Å². The van der Waals surface area contributed by atoms with Gasteiger partial charge in [-0.15, -0.1) is 11.3 Å². The third kappa shape index (κ3) is 3.38. The number of nitrogens with one attached hydrogen (secondary N) is 1. The summed E-state index contributed by atoms with van der Waals surface area (Å²) in [6, 6.07) is 3.15. The van der Waals surface area contributed by atoms with Crippen molar-refractivity contribution in [3.63, 3.8) is 0 Å². The van der Waals surface area contributed by atoms with Crippen molar-refractivity contribution in [1.82, 2.24) is 9.71 Å². The molecule has 108 valence electrons. The summed E-state index contributed by atoms with van der Waals surface area (Å²) in [6.07, 6.45) is 1.72. The first-order valence-electron chi connectivity index (χ1n) is 5.76. The molecule has 0 amide bonds. The number of rotatable bonds is 4. The Morgan fingerprint density at radius 2 is 2.10 bits per heavy atom. The van der Waals surface area contributed by atoms with Crippen molar-refractivity contribution >= 4 is 43.0 Å². The van der Waals surface area contributed by atoms with Gasteiger partial charge in [-0.1, -0.05) is 0 Å². The first-order valence-corrected chi connectivity index (χ1v) is 8.85. The van der Waals surface area contributed by atoms with Gasteiger partial charge in [0.25, 0.3) is 0 Å². The second-order valence-corrected chi connectivity index (χ2v) is 8.24. The number of sulfonamides is 1. The van der Waals surface area contributed by atoms with Crippen molar-refractivity contribution in [2.75, 3.05) is 5.73 Å². The maximum Gasteiger partial charge on any atom is 0.241 e.